The molecule has 1 amide bonds. The van der Waals surface area contributed by atoms with E-state index >= 15 is 0 Å². The number of ether oxygens (including phenoxy) is 1. The van der Waals surface area contributed by atoms with Crippen molar-refractivity contribution >= 4 is 21.6 Å². The van der Waals surface area contributed by atoms with E-state index in [1.165, 1.54) is 28.4 Å². The number of hydrogen-bond acceptors (Lipinski definition) is 5. The molecule has 0 spiro atoms. The maximum Gasteiger partial charge on any atom is 0.267 e. The molecule has 3 aromatic rings. The van der Waals surface area contributed by atoms with Crippen molar-refractivity contribution in [2.24, 2.45) is 0 Å². The molecular formula is C19H18N4O4S. The van der Waals surface area contributed by atoms with Gasteiger partial charge in [0.1, 0.15) is 10.6 Å². The standard InChI is InChI=1S/C19H18N4O4S/c1-20-19(24)18-13-23(16-9-5-6-10-17(16)27-18)28(25,26)15-11-21-22(12-15)14-7-3-2-4-8-14/h2-12,18H,13H2,1H3,(H,20,24). The molecule has 1 aliphatic rings. The number of nitrogens with zero attached hydrogens (tertiary/aromatic N) is 3. The van der Waals surface area contributed by atoms with Crippen LogP contribution in [-0.2, 0) is 14.8 Å². The van der Waals surface area contributed by atoms with Gasteiger partial charge in [0.25, 0.3) is 15.9 Å². The van der Waals surface area contributed by atoms with Crippen molar-refractivity contribution in [2.75, 3.05) is 17.9 Å². The van der Waals surface area contributed by atoms with Crippen LogP contribution in [0.3, 0.4) is 0 Å². The minimum absolute atomic E-state index is 0.0312. The second-order valence-electron chi connectivity index (χ2n) is 6.18. The van der Waals surface area contributed by atoms with Crippen LogP contribution < -0.4 is 14.4 Å². The molecule has 1 unspecified atom stereocenters. The Hall–Kier alpha value is -3.33. The Labute approximate surface area is 162 Å². The van der Waals surface area contributed by atoms with Crippen molar-refractivity contribution in [2.45, 2.75) is 11.0 Å². The molecule has 0 saturated carbocycles. The maximum atomic E-state index is 13.3. The first kappa shape index (κ1) is 18.1. The summed E-state index contributed by atoms with van der Waals surface area (Å²) < 4.78 is 35.0. The number of likely N-dealkylation sites (N-methyl/N-ethyl adjacent to an activating group) is 1. The first-order chi connectivity index (χ1) is 13.5. The molecule has 0 bridgehead atoms. The van der Waals surface area contributed by atoms with Gasteiger partial charge >= 0.3 is 0 Å². The van der Waals surface area contributed by atoms with Crippen molar-refractivity contribution in [3.63, 3.8) is 0 Å². The minimum Gasteiger partial charge on any atom is -0.476 e. The summed E-state index contributed by atoms with van der Waals surface area (Å²) in [5.41, 5.74) is 1.13. The van der Waals surface area contributed by atoms with Crippen LogP contribution in [0.4, 0.5) is 5.69 Å². The van der Waals surface area contributed by atoms with E-state index in [1.54, 1.807) is 24.3 Å². The lowest BCUT2D eigenvalue weighted by molar-refractivity contribution is -0.127. The predicted molar refractivity (Wildman–Crippen MR) is 103 cm³/mol. The normalized spacial score (nSPS) is 16.2. The van der Waals surface area contributed by atoms with Crippen LogP contribution in [0.15, 0.2) is 71.9 Å². The molecule has 1 atom stereocenters. The van der Waals surface area contributed by atoms with E-state index in [4.69, 9.17) is 4.74 Å². The average Bonchev–Trinajstić information content (AvgIpc) is 3.24. The average molecular weight is 398 g/mol. The van der Waals surface area contributed by atoms with Crippen molar-refractivity contribution < 1.29 is 17.9 Å². The summed E-state index contributed by atoms with van der Waals surface area (Å²) in [4.78, 5) is 12.1. The fraction of sp³-hybridized carbons (Fsp3) is 0.158. The van der Waals surface area contributed by atoms with Gasteiger partial charge in [0, 0.05) is 7.05 Å². The number of hydrogen-bond donors (Lipinski definition) is 1. The zero-order valence-electron chi connectivity index (χ0n) is 15.0. The zero-order valence-corrected chi connectivity index (χ0v) is 15.8. The van der Waals surface area contributed by atoms with Gasteiger partial charge in [-0.3, -0.25) is 9.10 Å². The molecule has 2 heterocycles. The highest BCUT2D eigenvalue weighted by Crippen LogP contribution is 2.36. The molecule has 0 aliphatic carbocycles. The van der Waals surface area contributed by atoms with Gasteiger partial charge in [0.05, 0.1) is 30.3 Å². The molecule has 28 heavy (non-hydrogen) atoms. The van der Waals surface area contributed by atoms with Crippen LogP contribution >= 0.6 is 0 Å². The maximum absolute atomic E-state index is 13.3. The Morgan fingerprint density at radius 2 is 1.86 bits per heavy atom. The second kappa shape index (κ2) is 7.01. The Balaban J connectivity index is 1.74. The van der Waals surface area contributed by atoms with E-state index in [2.05, 4.69) is 10.4 Å². The van der Waals surface area contributed by atoms with Gasteiger partial charge in [-0.25, -0.2) is 13.1 Å². The van der Waals surface area contributed by atoms with Crippen LogP contribution in [0, 0.1) is 0 Å². The van der Waals surface area contributed by atoms with Crippen molar-refractivity contribution in [3.8, 4) is 11.4 Å². The van der Waals surface area contributed by atoms with Gasteiger partial charge in [-0.15, -0.1) is 0 Å². The van der Waals surface area contributed by atoms with Crippen LogP contribution in [0.2, 0.25) is 0 Å². The van der Waals surface area contributed by atoms with Gasteiger partial charge in [0.15, 0.2) is 6.10 Å². The Bertz CT molecular complexity index is 1110. The van der Waals surface area contributed by atoms with E-state index in [9.17, 15) is 13.2 Å². The number of anilines is 1. The first-order valence-corrected chi connectivity index (χ1v) is 10.0. The Morgan fingerprint density at radius 1 is 1.14 bits per heavy atom. The van der Waals surface area contributed by atoms with Crippen LogP contribution in [-0.4, -0.2) is 43.8 Å². The van der Waals surface area contributed by atoms with Gasteiger partial charge in [-0.05, 0) is 24.3 Å². The fourth-order valence-electron chi connectivity index (χ4n) is 3.02. The molecule has 4 rings (SSSR count). The quantitative estimate of drug-likeness (QED) is 0.720. The topological polar surface area (TPSA) is 93.5 Å². The van der Waals surface area contributed by atoms with Gasteiger partial charge in [-0.2, -0.15) is 5.10 Å². The van der Waals surface area contributed by atoms with E-state index in [1.807, 2.05) is 30.3 Å². The summed E-state index contributed by atoms with van der Waals surface area (Å²) in [6.07, 6.45) is 1.81. The van der Waals surface area contributed by atoms with E-state index in [0.717, 1.165) is 5.69 Å². The summed E-state index contributed by atoms with van der Waals surface area (Å²) in [5, 5.41) is 6.68. The highest BCUT2D eigenvalue weighted by molar-refractivity contribution is 7.92. The minimum atomic E-state index is -3.95. The third kappa shape index (κ3) is 3.09. The van der Waals surface area contributed by atoms with Gasteiger partial charge in [-0.1, -0.05) is 30.3 Å². The summed E-state index contributed by atoms with van der Waals surface area (Å²) in [5.74, 6) is -0.0592. The van der Waals surface area contributed by atoms with Crippen molar-refractivity contribution in [1.82, 2.24) is 15.1 Å². The largest absolute Gasteiger partial charge is 0.476 e. The number of sulfonamides is 1. The fourth-order valence-corrected chi connectivity index (χ4v) is 4.43. The second-order valence-corrected chi connectivity index (χ2v) is 8.04. The lowest BCUT2D eigenvalue weighted by Crippen LogP contribution is -2.50. The summed E-state index contributed by atoms with van der Waals surface area (Å²) in [7, 11) is -2.47. The monoisotopic (exact) mass is 398 g/mol. The summed E-state index contributed by atoms with van der Waals surface area (Å²) >= 11 is 0. The number of amides is 1. The lowest BCUT2D eigenvalue weighted by atomic mass is 10.2. The zero-order chi connectivity index (χ0) is 19.7. The molecule has 1 aromatic heterocycles. The van der Waals surface area contributed by atoms with E-state index in [-0.39, 0.29) is 11.4 Å². The molecule has 0 saturated heterocycles. The molecule has 2 aromatic carbocycles. The van der Waals surface area contributed by atoms with E-state index < -0.39 is 22.0 Å². The molecule has 0 radical (unpaired) electrons. The highest BCUT2D eigenvalue weighted by Gasteiger charge is 2.37. The molecule has 1 N–H and O–H groups in total. The number of carbonyl (C=O) groups excluding carboxylic acids is 1. The molecule has 1 aliphatic heterocycles. The molecular weight excluding hydrogens is 380 g/mol. The lowest BCUT2D eigenvalue weighted by Gasteiger charge is -2.34. The highest BCUT2D eigenvalue weighted by atomic mass is 32.2. The van der Waals surface area contributed by atoms with Crippen LogP contribution in [0.5, 0.6) is 5.75 Å². The number of fused-ring (bicyclic) bond motifs is 1. The van der Waals surface area contributed by atoms with Crippen molar-refractivity contribution in [1.29, 1.82) is 0 Å². The molecule has 144 valence electrons. The van der Waals surface area contributed by atoms with Gasteiger partial charge < -0.3 is 10.1 Å². The smallest absolute Gasteiger partial charge is 0.267 e. The molecule has 0 fully saturated rings. The number of para-hydroxylation sites is 3. The third-order valence-electron chi connectivity index (χ3n) is 4.44. The molecule has 8 nitrogen and oxygen atoms in total. The summed E-state index contributed by atoms with van der Waals surface area (Å²) in [6.45, 7) is -0.129. The Morgan fingerprint density at radius 3 is 2.61 bits per heavy atom. The summed E-state index contributed by atoms with van der Waals surface area (Å²) in [6, 6.07) is 15.9. The predicted octanol–water partition coefficient (Wildman–Crippen LogP) is 1.57. The SMILES string of the molecule is CNC(=O)C1CN(S(=O)(=O)c2cnn(-c3ccccc3)c2)c2ccccc2O1. The Kier molecular flexibility index (Phi) is 4.52. The molecule has 9 heteroatoms. The number of benzene rings is 2. The third-order valence-corrected chi connectivity index (χ3v) is 6.17. The van der Waals surface area contributed by atoms with E-state index in [0.29, 0.717) is 11.4 Å². The number of nitrogens with one attached hydrogen (secondary N) is 1. The number of rotatable bonds is 4. The number of carbonyl (C=O) groups is 1. The van der Waals surface area contributed by atoms with Crippen LogP contribution in [0.25, 0.3) is 5.69 Å². The van der Waals surface area contributed by atoms with Gasteiger partial charge in [0.2, 0.25) is 0 Å². The van der Waals surface area contributed by atoms with Crippen LogP contribution in [0.1, 0.15) is 0 Å². The number of aromatic nitrogens is 2. The first-order valence-electron chi connectivity index (χ1n) is 8.61. The van der Waals surface area contributed by atoms with Crippen molar-refractivity contribution in [3.05, 3.63) is 67.0 Å².